The zero-order valence-corrected chi connectivity index (χ0v) is 13.8. The molecule has 4 rings (SSSR count). The van der Waals surface area contributed by atoms with E-state index in [2.05, 4.69) is 45.4 Å². The van der Waals surface area contributed by atoms with Crippen molar-refractivity contribution < 1.29 is 4.79 Å². The molecule has 2 heterocycles. The molecular formula is C19H27N3O. The minimum Gasteiger partial charge on any atom is -0.368 e. The summed E-state index contributed by atoms with van der Waals surface area (Å²) in [6, 6.07) is 10.5. The van der Waals surface area contributed by atoms with Crippen LogP contribution in [0.15, 0.2) is 30.3 Å². The number of nitrogens with one attached hydrogen (secondary N) is 1. The Morgan fingerprint density at radius 1 is 1.09 bits per heavy atom. The van der Waals surface area contributed by atoms with Crippen LogP contribution in [0, 0.1) is 11.3 Å². The number of hydrogen-bond donors (Lipinski definition) is 1. The number of para-hydroxylation sites is 1. The molecule has 3 aliphatic rings. The predicted molar refractivity (Wildman–Crippen MR) is 92.5 cm³/mol. The van der Waals surface area contributed by atoms with Crippen LogP contribution in [-0.2, 0) is 4.79 Å². The van der Waals surface area contributed by atoms with E-state index in [1.54, 1.807) is 0 Å². The number of anilines is 1. The lowest BCUT2D eigenvalue weighted by Gasteiger charge is -2.44. The van der Waals surface area contributed by atoms with Crippen LogP contribution in [0.1, 0.15) is 25.7 Å². The SMILES string of the molecule is O=C(N1CCN(c2ccccc2)CC1)[C@@]12CCCC[C@H]1CNC2. The van der Waals surface area contributed by atoms with Crippen LogP contribution in [-0.4, -0.2) is 50.1 Å². The second kappa shape index (κ2) is 6.16. The normalized spacial score (nSPS) is 31.0. The topological polar surface area (TPSA) is 35.6 Å². The molecule has 2 saturated heterocycles. The van der Waals surface area contributed by atoms with Gasteiger partial charge >= 0.3 is 0 Å². The summed E-state index contributed by atoms with van der Waals surface area (Å²) in [5, 5.41) is 3.50. The fourth-order valence-electron chi connectivity index (χ4n) is 4.79. The van der Waals surface area contributed by atoms with Crippen molar-refractivity contribution in [3.05, 3.63) is 30.3 Å². The lowest BCUT2D eigenvalue weighted by molar-refractivity contribution is -0.145. The molecule has 1 aromatic rings. The Labute approximate surface area is 138 Å². The third-order valence-corrected chi connectivity index (χ3v) is 6.15. The van der Waals surface area contributed by atoms with Gasteiger partial charge in [0.15, 0.2) is 0 Å². The van der Waals surface area contributed by atoms with Crippen LogP contribution in [0.3, 0.4) is 0 Å². The number of rotatable bonds is 2. The average molecular weight is 313 g/mol. The van der Waals surface area contributed by atoms with E-state index in [-0.39, 0.29) is 5.41 Å². The third kappa shape index (κ3) is 2.63. The molecule has 2 atom stereocenters. The van der Waals surface area contributed by atoms with E-state index in [0.717, 1.165) is 45.7 Å². The second-order valence-electron chi connectivity index (χ2n) is 7.34. The molecule has 2 aliphatic heterocycles. The number of piperazine rings is 1. The summed E-state index contributed by atoms with van der Waals surface area (Å²) in [7, 11) is 0. The van der Waals surface area contributed by atoms with Crippen LogP contribution in [0.25, 0.3) is 0 Å². The third-order valence-electron chi connectivity index (χ3n) is 6.15. The van der Waals surface area contributed by atoms with E-state index in [0.29, 0.717) is 11.8 Å². The molecule has 23 heavy (non-hydrogen) atoms. The van der Waals surface area contributed by atoms with Gasteiger partial charge in [0.2, 0.25) is 5.91 Å². The van der Waals surface area contributed by atoms with Crippen molar-refractivity contribution in [3.8, 4) is 0 Å². The Balaban J connectivity index is 1.43. The van der Waals surface area contributed by atoms with Crippen molar-refractivity contribution in [3.63, 3.8) is 0 Å². The van der Waals surface area contributed by atoms with Crippen molar-refractivity contribution in [2.75, 3.05) is 44.2 Å². The van der Waals surface area contributed by atoms with Crippen molar-refractivity contribution in [1.29, 1.82) is 0 Å². The maximum absolute atomic E-state index is 13.3. The van der Waals surface area contributed by atoms with E-state index in [9.17, 15) is 4.79 Å². The number of fused-ring (bicyclic) bond motifs is 1. The smallest absolute Gasteiger partial charge is 0.230 e. The molecule has 0 unspecified atom stereocenters. The molecule has 1 aromatic carbocycles. The highest BCUT2D eigenvalue weighted by molar-refractivity contribution is 5.84. The van der Waals surface area contributed by atoms with Crippen LogP contribution < -0.4 is 10.2 Å². The van der Waals surface area contributed by atoms with Crippen LogP contribution in [0.4, 0.5) is 5.69 Å². The molecular weight excluding hydrogens is 286 g/mol. The predicted octanol–water partition coefficient (Wildman–Crippen LogP) is 2.11. The largest absolute Gasteiger partial charge is 0.368 e. The maximum Gasteiger partial charge on any atom is 0.230 e. The number of benzene rings is 1. The number of nitrogens with zero attached hydrogens (tertiary/aromatic N) is 2. The minimum atomic E-state index is -0.0901. The van der Waals surface area contributed by atoms with E-state index < -0.39 is 0 Å². The molecule has 0 aromatic heterocycles. The highest BCUT2D eigenvalue weighted by Crippen LogP contribution is 2.45. The van der Waals surface area contributed by atoms with Gasteiger partial charge in [0, 0.05) is 38.4 Å². The molecule has 124 valence electrons. The summed E-state index contributed by atoms with van der Waals surface area (Å²) in [6.45, 7) is 5.56. The molecule has 1 saturated carbocycles. The summed E-state index contributed by atoms with van der Waals surface area (Å²) < 4.78 is 0. The lowest BCUT2D eigenvalue weighted by atomic mass is 9.67. The van der Waals surface area contributed by atoms with Gasteiger partial charge < -0.3 is 15.1 Å². The van der Waals surface area contributed by atoms with Gasteiger partial charge in [0.05, 0.1) is 5.41 Å². The standard InChI is InChI=1S/C19H27N3O/c23-18(19-9-5-4-6-16(19)14-20-15-19)22-12-10-21(11-13-22)17-7-2-1-3-8-17/h1-3,7-8,16,20H,4-6,9-15H2/t16-,19+/m0/s1. The van der Waals surface area contributed by atoms with Gasteiger partial charge in [-0.25, -0.2) is 0 Å². The summed E-state index contributed by atoms with van der Waals surface area (Å²) in [4.78, 5) is 17.8. The van der Waals surface area contributed by atoms with Gasteiger partial charge in [0.1, 0.15) is 0 Å². The van der Waals surface area contributed by atoms with E-state index in [1.165, 1.54) is 24.9 Å². The molecule has 4 nitrogen and oxygen atoms in total. The quantitative estimate of drug-likeness (QED) is 0.908. The first kappa shape index (κ1) is 15.0. The zero-order valence-electron chi connectivity index (χ0n) is 13.8. The molecule has 1 amide bonds. The fourth-order valence-corrected chi connectivity index (χ4v) is 4.79. The van der Waals surface area contributed by atoms with Crippen LogP contribution in [0.5, 0.6) is 0 Å². The van der Waals surface area contributed by atoms with Gasteiger partial charge in [-0.2, -0.15) is 0 Å². The first-order valence-electron chi connectivity index (χ1n) is 9.10. The number of carbonyl (C=O) groups excluding carboxylic acids is 1. The summed E-state index contributed by atoms with van der Waals surface area (Å²) >= 11 is 0. The maximum atomic E-state index is 13.3. The Kier molecular flexibility index (Phi) is 4.02. The molecule has 1 N–H and O–H groups in total. The molecule has 0 spiro atoms. The molecule has 1 aliphatic carbocycles. The van der Waals surface area contributed by atoms with E-state index in [1.807, 2.05) is 0 Å². The summed E-state index contributed by atoms with van der Waals surface area (Å²) in [6.07, 6.45) is 4.82. The van der Waals surface area contributed by atoms with Gasteiger partial charge in [-0.1, -0.05) is 31.0 Å². The Bertz CT molecular complexity index is 553. The first-order chi connectivity index (χ1) is 11.3. The van der Waals surface area contributed by atoms with E-state index in [4.69, 9.17) is 0 Å². The molecule has 0 bridgehead atoms. The fraction of sp³-hybridized carbons (Fsp3) is 0.632. The van der Waals surface area contributed by atoms with Crippen LogP contribution >= 0.6 is 0 Å². The van der Waals surface area contributed by atoms with Crippen molar-refractivity contribution in [1.82, 2.24) is 10.2 Å². The number of carbonyl (C=O) groups is 1. The van der Waals surface area contributed by atoms with Crippen molar-refractivity contribution in [2.45, 2.75) is 25.7 Å². The molecule has 4 heteroatoms. The Morgan fingerprint density at radius 2 is 1.87 bits per heavy atom. The first-order valence-corrected chi connectivity index (χ1v) is 9.10. The highest BCUT2D eigenvalue weighted by Gasteiger charge is 2.51. The summed E-state index contributed by atoms with van der Waals surface area (Å²) in [5.74, 6) is 0.996. The second-order valence-corrected chi connectivity index (χ2v) is 7.34. The van der Waals surface area contributed by atoms with E-state index >= 15 is 0 Å². The van der Waals surface area contributed by atoms with Crippen molar-refractivity contribution >= 4 is 11.6 Å². The van der Waals surface area contributed by atoms with Gasteiger partial charge in [-0.05, 0) is 37.4 Å². The minimum absolute atomic E-state index is 0.0901. The lowest BCUT2D eigenvalue weighted by Crippen LogP contribution is -2.56. The number of amides is 1. The van der Waals surface area contributed by atoms with Gasteiger partial charge in [-0.15, -0.1) is 0 Å². The van der Waals surface area contributed by atoms with Gasteiger partial charge in [-0.3, -0.25) is 4.79 Å². The average Bonchev–Trinajstić information content (AvgIpc) is 3.07. The molecule has 3 fully saturated rings. The zero-order chi connectivity index (χ0) is 15.7. The number of hydrogen-bond acceptors (Lipinski definition) is 3. The highest BCUT2D eigenvalue weighted by atomic mass is 16.2. The molecule has 0 radical (unpaired) electrons. The van der Waals surface area contributed by atoms with Crippen LogP contribution in [0.2, 0.25) is 0 Å². The monoisotopic (exact) mass is 313 g/mol. The Morgan fingerprint density at radius 3 is 2.65 bits per heavy atom. The Hall–Kier alpha value is -1.55. The van der Waals surface area contributed by atoms with Crippen molar-refractivity contribution in [2.24, 2.45) is 11.3 Å². The summed E-state index contributed by atoms with van der Waals surface area (Å²) in [5.41, 5.74) is 1.18. The van der Waals surface area contributed by atoms with Gasteiger partial charge in [0.25, 0.3) is 0 Å².